The summed E-state index contributed by atoms with van der Waals surface area (Å²) in [6.07, 6.45) is 3.86. The highest BCUT2D eigenvalue weighted by atomic mass is 16.4. The molecule has 294 valence electrons. The minimum absolute atomic E-state index is 0.0264. The average Bonchev–Trinajstić information content (AvgIpc) is 3.65. The quantitative estimate of drug-likeness (QED) is 0.0786. The summed E-state index contributed by atoms with van der Waals surface area (Å²) in [6.45, 7) is 5.12. The third-order valence-corrected chi connectivity index (χ3v) is 10.1. The van der Waals surface area contributed by atoms with Crippen molar-refractivity contribution < 1.29 is 29.1 Å². The van der Waals surface area contributed by atoms with E-state index in [2.05, 4.69) is 21.3 Å². The smallest absolute Gasteiger partial charge is 0.320 e. The van der Waals surface area contributed by atoms with E-state index in [1.54, 1.807) is 4.90 Å². The molecule has 4 rings (SSSR count). The van der Waals surface area contributed by atoms with E-state index >= 15 is 0 Å². The molecule has 2 aromatic carbocycles. The summed E-state index contributed by atoms with van der Waals surface area (Å²) in [6, 6.07) is 14.3. The zero-order chi connectivity index (χ0) is 39.2. The van der Waals surface area contributed by atoms with E-state index in [4.69, 9.17) is 16.9 Å². The van der Waals surface area contributed by atoms with Crippen molar-refractivity contribution in [3.05, 3.63) is 71.8 Å². The number of carboxylic acid groups (broad SMARTS) is 1. The molecular weight excluding hydrogens is 690 g/mol. The topological polar surface area (TPSA) is 236 Å². The molecule has 2 fully saturated rings. The van der Waals surface area contributed by atoms with Crippen molar-refractivity contribution in [3.63, 3.8) is 0 Å². The van der Waals surface area contributed by atoms with Gasteiger partial charge in [-0.15, -0.1) is 0 Å². The molecule has 2 aliphatic rings. The molecule has 0 saturated carbocycles. The maximum absolute atomic E-state index is 13.9. The van der Waals surface area contributed by atoms with Gasteiger partial charge in [0.25, 0.3) is 0 Å². The number of nitrogens with two attached hydrogens (primary N) is 2. The first-order valence-electron chi connectivity index (χ1n) is 18.9. The average molecular weight is 748 g/mol. The Balaban J connectivity index is 1.45. The van der Waals surface area contributed by atoms with Gasteiger partial charge >= 0.3 is 5.97 Å². The molecule has 0 bridgehead atoms. The van der Waals surface area contributed by atoms with Gasteiger partial charge in [-0.1, -0.05) is 74.5 Å². The number of benzene rings is 2. The second kappa shape index (κ2) is 20.4. The number of nitrogens with zero attached hydrogens (tertiary/aromatic N) is 2. The van der Waals surface area contributed by atoms with Crippen LogP contribution in [-0.2, 0) is 36.8 Å². The van der Waals surface area contributed by atoms with E-state index in [-0.39, 0.29) is 49.6 Å². The Morgan fingerprint density at radius 1 is 0.815 bits per heavy atom. The van der Waals surface area contributed by atoms with Crippen molar-refractivity contribution in [2.45, 2.75) is 101 Å². The number of carboxylic acids is 1. The number of aliphatic carboxylic acids is 1. The Labute approximate surface area is 317 Å². The number of guanidine groups is 1. The second-order valence-corrected chi connectivity index (χ2v) is 14.7. The van der Waals surface area contributed by atoms with Gasteiger partial charge in [-0.2, -0.15) is 0 Å². The lowest BCUT2D eigenvalue weighted by Gasteiger charge is -2.39. The fourth-order valence-corrected chi connectivity index (χ4v) is 7.25. The molecule has 2 aliphatic heterocycles. The predicted molar refractivity (Wildman–Crippen MR) is 205 cm³/mol. The van der Waals surface area contributed by atoms with Gasteiger partial charge in [0.05, 0.1) is 6.04 Å². The number of carbonyl (C=O) groups excluding carboxylic acids is 4. The summed E-state index contributed by atoms with van der Waals surface area (Å²) in [5, 5.41) is 28.4. The summed E-state index contributed by atoms with van der Waals surface area (Å²) in [7, 11) is 0. The van der Waals surface area contributed by atoms with Gasteiger partial charge in [0.1, 0.15) is 24.2 Å². The SMILES string of the molecule is CC(C)C[C@@H](NC(=O)[C@@H](CCc1ccccc1)NC(=O)[C@H](N)Cc1ccccc1)C(=O)N[C@H](CNC(=N)N)C(=O)N1CCC(N2CCC[C@H]2C(=O)O)CC1. The Hall–Kier alpha value is -5.02. The lowest BCUT2D eigenvalue weighted by atomic mass is 9.99. The fraction of sp³-hybridized carbons (Fsp3) is 0.538. The molecule has 0 aliphatic carbocycles. The number of amides is 4. The van der Waals surface area contributed by atoms with Crippen LogP contribution < -0.4 is 32.7 Å². The number of hydrogen-bond acceptors (Lipinski definition) is 8. The Morgan fingerprint density at radius 3 is 1.98 bits per heavy atom. The number of hydrogen-bond donors (Lipinski definition) is 8. The maximum Gasteiger partial charge on any atom is 0.320 e. The Kier molecular flexibility index (Phi) is 15.8. The minimum atomic E-state index is -1.10. The molecule has 4 amide bonds. The van der Waals surface area contributed by atoms with Crippen LogP contribution in [0.15, 0.2) is 60.7 Å². The fourth-order valence-electron chi connectivity index (χ4n) is 7.25. The van der Waals surface area contributed by atoms with Crippen molar-refractivity contribution in [2.24, 2.45) is 17.4 Å². The van der Waals surface area contributed by atoms with Gasteiger partial charge in [0.2, 0.25) is 23.6 Å². The van der Waals surface area contributed by atoms with Gasteiger partial charge in [0, 0.05) is 25.7 Å². The number of carbonyl (C=O) groups is 5. The summed E-state index contributed by atoms with van der Waals surface area (Å²) in [5.74, 6) is -3.24. The second-order valence-electron chi connectivity index (χ2n) is 14.7. The molecule has 0 spiro atoms. The molecular formula is C39H57N9O6. The summed E-state index contributed by atoms with van der Waals surface area (Å²) in [4.78, 5) is 70.5. The number of likely N-dealkylation sites (tertiary alicyclic amines) is 2. The highest BCUT2D eigenvalue weighted by Crippen LogP contribution is 2.26. The molecule has 2 aromatic rings. The number of piperidine rings is 1. The first kappa shape index (κ1) is 41.7. The number of nitrogens with one attached hydrogen (secondary N) is 5. The van der Waals surface area contributed by atoms with Crippen molar-refractivity contribution >= 4 is 35.6 Å². The molecule has 0 aromatic heterocycles. The first-order valence-corrected chi connectivity index (χ1v) is 18.9. The maximum atomic E-state index is 13.9. The van der Waals surface area contributed by atoms with E-state index in [9.17, 15) is 29.1 Å². The van der Waals surface area contributed by atoms with Crippen LogP contribution in [0.2, 0.25) is 0 Å². The van der Waals surface area contributed by atoms with Crippen LogP contribution in [-0.4, -0.2) is 113 Å². The van der Waals surface area contributed by atoms with Gasteiger partial charge in [0.15, 0.2) is 5.96 Å². The summed E-state index contributed by atoms with van der Waals surface area (Å²) < 4.78 is 0. The van der Waals surface area contributed by atoms with Crippen molar-refractivity contribution in [2.75, 3.05) is 26.2 Å². The zero-order valence-electron chi connectivity index (χ0n) is 31.3. The molecule has 15 heteroatoms. The molecule has 5 atom stereocenters. The zero-order valence-corrected chi connectivity index (χ0v) is 31.3. The van der Waals surface area contributed by atoms with Gasteiger partial charge in [-0.05, 0) is 75.0 Å². The van der Waals surface area contributed by atoms with Crippen molar-refractivity contribution in [1.82, 2.24) is 31.1 Å². The lowest BCUT2D eigenvalue weighted by Crippen LogP contribution is -2.61. The van der Waals surface area contributed by atoms with Gasteiger partial charge in [-0.25, -0.2) is 0 Å². The third-order valence-electron chi connectivity index (χ3n) is 10.1. The third kappa shape index (κ3) is 12.5. The van der Waals surface area contributed by atoms with Gasteiger partial charge in [-0.3, -0.25) is 34.3 Å². The Bertz CT molecular complexity index is 1570. The monoisotopic (exact) mass is 747 g/mol. The standard InChI is InChI=1S/C39H57N9O6/c1-25(2)22-31(45-35(50)30(16-15-26-10-5-3-6-11-26)44-34(49)29(40)23-27-12-7-4-8-13-27)36(51)46-32(24-43-39(41)42)37(52)47-20-17-28(18-21-47)48-19-9-14-33(48)38(53)54/h3-8,10-13,25,28-33H,9,14-24,40H2,1-2H3,(H,44,49)(H,45,50)(H,46,51)(H,53,54)(H4,41,42,43)/t29-,30-,31-,32-,33+/m1/s1. The van der Waals surface area contributed by atoms with Gasteiger partial charge < -0.3 is 42.7 Å². The normalized spacial score (nSPS) is 18.6. The molecule has 10 N–H and O–H groups in total. The minimum Gasteiger partial charge on any atom is -0.480 e. The van der Waals surface area contributed by atoms with Crippen LogP contribution in [0.5, 0.6) is 0 Å². The summed E-state index contributed by atoms with van der Waals surface area (Å²) >= 11 is 0. The highest BCUT2D eigenvalue weighted by molar-refractivity contribution is 5.95. The van der Waals surface area contributed by atoms with Crippen molar-refractivity contribution in [3.8, 4) is 0 Å². The first-order chi connectivity index (χ1) is 25.8. The van der Waals surface area contributed by atoms with E-state index < -0.39 is 53.9 Å². The summed E-state index contributed by atoms with van der Waals surface area (Å²) in [5.41, 5.74) is 13.7. The molecule has 0 unspecified atom stereocenters. The van der Waals surface area contributed by atoms with Crippen LogP contribution in [0.1, 0.15) is 63.5 Å². The van der Waals surface area contributed by atoms with Crippen LogP contribution in [0.3, 0.4) is 0 Å². The molecule has 15 nitrogen and oxygen atoms in total. The number of rotatable bonds is 18. The van der Waals surface area contributed by atoms with E-state index in [1.165, 1.54) is 0 Å². The molecule has 54 heavy (non-hydrogen) atoms. The van der Waals surface area contributed by atoms with E-state index in [0.29, 0.717) is 45.3 Å². The molecule has 0 radical (unpaired) electrons. The Morgan fingerprint density at radius 2 is 1.39 bits per heavy atom. The largest absolute Gasteiger partial charge is 0.480 e. The van der Waals surface area contributed by atoms with Crippen LogP contribution in [0, 0.1) is 11.3 Å². The van der Waals surface area contributed by atoms with E-state index in [0.717, 1.165) is 17.5 Å². The number of aryl methyl sites for hydroxylation is 1. The van der Waals surface area contributed by atoms with E-state index in [1.807, 2.05) is 79.4 Å². The van der Waals surface area contributed by atoms with Crippen LogP contribution in [0.25, 0.3) is 0 Å². The molecule has 2 saturated heterocycles. The van der Waals surface area contributed by atoms with Crippen LogP contribution >= 0.6 is 0 Å². The highest BCUT2D eigenvalue weighted by Gasteiger charge is 2.39. The van der Waals surface area contributed by atoms with Crippen molar-refractivity contribution in [1.29, 1.82) is 5.41 Å². The molecule has 2 heterocycles. The predicted octanol–water partition coefficient (Wildman–Crippen LogP) is 0.713. The lowest BCUT2D eigenvalue weighted by molar-refractivity contribution is -0.144. The van der Waals surface area contributed by atoms with Crippen LogP contribution in [0.4, 0.5) is 0 Å².